The number of urea groups is 1. The third kappa shape index (κ3) is 5.91. The Balaban J connectivity index is 1.18. The molecule has 0 bridgehead atoms. The lowest BCUT2D eigenvalue weighted by molar-refractivity contribution is -0.126. The van der Waals surface area contributed by atoms with Gasteiger partial charge in [0, 0.05) is 37.4 Å². The van der Waals surface area contributed by atoms with Crippen molar-refractivity contribution >= 4 is 11.9 Å². The van der Waals surface area contributed by atoms with Gasteiger partial charge in [0.05, 0.1) is 5.66 Å². The molecule has 0 unspecified atom stereocenters. The van der Waals surface area contributed by atoms with Crippen LogP contribution in [0.5, 0.6) is 0 Å². The van der Waals surface area contributed by atoms with Crippen molar-refractivity contribution in [3.05, 3.63) is 35.6 Å². The molecule has 2 saturated heterocycles. The van der Waals surface area contributed by atoms with Crippen LogP contribution in [0.25, 0.3) is 0 Å². The molecule has 2 aliphatic heterocycles. The summed E-state index contributed by atoms with van der Waals surface area (Å²) in [5.74, 6) is -4.50. The van der Waals surface area contributed by atoms with Gasteiger partial charge in [0.1, 0.15) is 11.9 Å². The predicted molar refractivity (Wildman–Crippen MR) is 124 cm³/mol. The first-order chi connectivity index (χ1) is 16.5. The van der Waals surface area contributed by atoms with Crippen LogP contribution in [0.2, 0.25) is 0 Å². The fourth-order valence-corrected chi connectivity index (χ4v) is 5.34. The zero-order valence-corrected chi connectivity index (χ0v) is 19.9. The summed E-state index contributed by atoms with van der Waals surface area (Å²) in [5, 5.41) is 5.15. The highest BCUT2D eigenvalue weighted by molar-refractivity contribution is 5.88. The van der Waals surface area contributed by atoms with E-state index in [0.717, 1.165) is 44.1 Å². The number of nitrogens with two attached hydrogens (primary N) is 1. The number of nitrogens with one attached hydrogen (secondary N) is 2. The monoisotopic (exact) mass is 493 g/mol. The third-order valence-electron chi connectivity index (χ3n) is 7.92. The number of halogens is 3. The summed E-state index contributed by atoms with van der Waals surface area (Å²) in [5.41, 5.74) is 5.43. The summed E-state index contributed by atoms with van der Waals surface area (Å²) < 4.78 is 43.0. The van der Waals surface area contributed by atoms with Crippen LogP contribution in [0, 0.1) is 11.2 Å². The van der Waals surface area contributed by atoms with Gasteiger partial charge in [0.25, 0.3) is 5.92 Å². The molecule has 35 heavy (non-hydrogen) atoms. The number of benzene rings is 1. The fourth-order valence-electron chi connectivity index (χ4n) is 5.34. The van der Waals surface area contributed by atoms with E-state index >= 15 is 0 Å². The van der Waals surface area contributed by atoms with Crippen molar-refractivity contribution in [1.29, 1.82) is 0 Å². The van der Waals surface area contributed by atoms with Crippen LogP contribution in [-0.4, -0.2) is 71.6 Å². The topological polar surface area (TPSA) is 90.7 Å². The van der Waals surface area contributed by atoms with Crippen LogP contribution in [0.3, 0.4) is 0 Å². The molecule has 4 fully saturated rings. The molecule has 1 aromatic carbocycles. The average Bonchev–Trinajstić information content (AvgIpc) is 3.71. The number of carbonyl (C=O) groups excluding carboxylic acids is 2. The quantitative estimate of drug-likeness (QED) is 0.486. The first-order valence-electron chi connectivity index (χ1n) is 12.6. The van der Waals surface area contributed by atoms with Gasteiger partial charge in [-0.25, -0.2) is 18.0 Å². The van der Waals surface area contributed by atoms with Crippen LogP contribution in [-0.2, 0) is 11.2 Å². The second-order valence-corrected chi connectivity index (χ2v) is 11.1. The molecule has 2 saturated carbocycles. The molecule has 5 rings (SSSR count). The van der Waals surface area contributed by atoms with Gasteiger partial charge >= 0.3 is 6.03 Å². The highest BCUT2D eigenvalue weighted by atomic mass is 19.3. The molecule has 0 radical (unpaired) electrons. The minimum atomic E-state index is -3.29. The highest BCUT2D eigenvalue weighted by Crippen LogP contribution is 2.43. The Morgan fingerprint density at radius 3 is 2.29 bits per heavy atom. The summed E-state index contributed by atoms with van der Waals surface area (Å²) in [7, 11) is 0. The Hall–Kier alpha value is -2.33. The zero-order valence-electron chi connectivity index (χ0n) is 19.9. The standard InChI is InChI=1S/C25H34F3N5O2/c26-18-3-1-17(2-4-18)13-24(27,28)14-20(21(34)31-25(29)7-8-25)30-22(35)33-15-23(16-33)9-11-32(12-10-23)19-5-6-19/h1-4,19-20H,5-16,29H2,(H,30,35)(H,31,34)/t20-/m0/s1. The van der Waals surface area contributed by atoms with E-state index in [-0.39, 0.29) is 11.0 Å². The van der Waals surface area contributed by atoms with E-state index in [1.807, 2.05) is 0 Å². The summed E-state index contributed by atoms with van der Waals surface area (Å²) in [6.45, 7) is 3.25. The molecule has 4 aliphatic rings. The SMILES string of the molecule is NC1(NC(=O)[C@H](CC(F)(F)Cc2ccc(F)cc2)NC(=O)N2CC3(CCN(C4CC4)CC3)C2)CC1. The summed E-state index contributed by atoms with van der Waals surface area (Å²) in [4.78, 5) is 29.9. The van der Waals surface area contributed by atoms with Crippen LogP contribution in [0.15, 0.2) is 24.3 Å². The van der Waals surface area contributed by atoms with E-state index in [9.17, 15) is 22.8 Å². The Labute approximate surface area is 203 Å². The average molecular weight is 494 g/mol. The summed E-state index contributed by atoms with van der Waals surface area (Å²) >= 11 is 0. The Morgan fingerprint density at radius 1 is 1.09 bits per heavy atom. The molecule has 2 aliphatic carbocycles. The minimum absolute atomic E-state index is 0.0995. The smallest absolute Gasteiger partial charge is 0.318 e. The van der Waals surface area contributed by atoms with Crippen molar-refractivity contribution < 1.29 is 22.8 Å². The number of alkyl halides is 2. The first kappa shape index (κ1) is 24.4. The number of carbonyl (C=O) groups is 2. The largest absolute Gasteiger partial charge is 0.336 e. The number of nitrogens with zero attached hydrogens (tertiary/aromatic N) is 2. The van der Waals surface area contributed by atoms with Crippen LogP contribution in [0.1, 0.15) is 50.5 Å². The van der Waals surface area contributed by atoms with E-state index in [4.69, 9.17) is 5.73 Å². The van der Waals surface area contributed by atoms with Crippen molar-refractivity contribution in [2.45, 2.75) is 75.0 Å². The Bertz CT molecular complexity index is 948. The molecule has 1 atom stereocenters. The van der Waals surface area contributed by atoms with Crippen molar-refractivity contribution in [1.82, 2.24) is 20.4 Å². The number of rotatable bonds is 8. The maximum Gasteiger partial charge on any atom is 0.318 e. The minimum Gasteiger partial charge on any atom is -0.336 e. The number of piperidine rings is 1. The van der Waals surface area contributed by atoms with E-state index in [2.05, 4.69) is 15.5 Å². The van der Waals surface area contributed by atoms with Gasteiger partial charge in [-0.3, -0.25) is 4.79 Å². The molecule has 1 spiro atoms. The van der Waals surface area contributed by atoms with Crippen LogP contribution >= 0.6 is 0 Å². The number of amides is 3. The lowest BCUT2D eigenvalue weighted by atomic mass is 9.72. The molecular formula is C25H34F3N5O2. The first-order valence-corrected chi connectivity index (χ1v) is 12.6. The van der Waals surface area contributed by atoms with Gasteiger partial charge < -0.3 is 26.2 Å². The van der Waals surface area contributed by atoms with Gasteiger partial charge in [-0.2, -0.15) is 0 Å². The normalized spacial score (nSPS) is 23.9. The van der Waals surface area contributed by atoms with Crippen LogP contribution < -0.4 is 16.4 Å². The molecule has 3 amide bonds. The van der Waals surface area contributed by atoms with E-state index in [0.29, 0.717) is 25.9 Å². The molecule has 10 heteroatoms. The molecule has 2 heterocycles. The van der Waals surface area contributed by atoms with Crippen molar-refractivity contribution in [3.63, 3.8) is 0 Å². The lowest BCUT2D eigenvalue weighted by Gasteiger charge is -2.54. The van der Waals surface area contributed by atoms with Gasteiger partial charge in [-0.1, -0.05) is 12.1 Å². The predicted octanol–water partition coefficient (Wildman–Crippen LogP) is 2.60. The van der Waals surface area contributed by atoms with Gasteiger partial charge in [-0.15, -0.1) is 0 Å². The third-order valence-corrected chi connectivity index (χ3v) is 7.92. The second-order valence-electron chi connectivity index (χ2n) is 11.1. The number of hydrogen-bond donors (Lipinski definition) is 3. The van der Waals surface area contributed by atoms with Crippen molar-refractivity contribution in [2.24, 2.45) is 11.1 Å². The number of hydrogen-bond acceptors (Lipinski definition) is 4. The Kier molecular flexibility index (Phi) is 6.24. The fraction of sp³-hybridized carbons (Fsp3) is 0.680. The lowest BCUT2D eigenvalue weighted by Crippen LogP contribution is -2.65. The zero-order chi connectivity index (χ0) is 24.8. The molecular weight excluding hydrogens is 459 g/mol. The molecule has 192 valence electrons. The van der Waals surface area contributed by atoms with E-state index in [1.165, 1.54) is 25.0 Å². The summed E-state index contributed by atoms with van der Waals surface area (Å²) in [6, 6.07) is 3.65. The second kappa shape index (κ2) is 8.96. The molecule has 7 nitrogen and oxygen atoms in total. The van der Waals surface area contributed by atoms with Gasteiger partial charge in [0.2, 0.25) is 5.91 Å². The molecule has 4 N–H and O–H groups in total. The molecule has 1 aromatic rings. The number of likely N-dealkylation sites (tertiary alicyclic amines) is 2. The van der Waals surface area contributed by atoms with Gasteiger partial charge in [-0.05, 0) is 69.3 Å². The maximum absolute atomic E-state index is 14.9. The summed E-state index contributed by atoms with van der Waals surface area (Å²) in [6.07, 6.45) is 4.22. The molecule has 0 aromatic heterocycles. The van der Waals surface area contributed by atoms with E-state index in [1.54, 1.807) is 4.90 Å². The highest BCUT2D eigenvalue weighted by Gasteiger charge is 2.49. The van der Waals surface area contributed by atoms with Gasteiger partial charge in [0.15, 0.2) is 0 Å². The van der Waals surface area contributed by atoms with Crippen molar-refractivity contribution in [2.75, 3.05) is 26.2 Å². The van der Waals surface area contributed by atoms with Crippen molar-refractivity contribution in [3.8, 4) is 0 Å². The van der Waals surface area contributed by atoms with Crippen LogP contribution in [0.4, 0.5) is 18.0 Å². The maximum atomic E-state index is 14.9. The Morgan fingerprint density at radius 2 is 1.71 bits per heavy atom. The van der Waals surface area contributed by atoms with E-state index < -0.39 is 48.2 Å².